The third kappa shape index (κ3) is 6.80. The number of hydrogen-bond acceptors (Lipinski definition) is 5. The number of nitrogens with zero attached hydrogens (tertiary/aromatic N) is 2. The molecule has 7 heteroatoms. The summed E-state index contributed by atoms with van der Waals surface area (Å²) in [5.74, 6) is 1.30. The molecule has 2 aromatic carbocycles. The molecule has 166 valence electrons. The van der Waals surface area contributed by atoms with Crippen LogP contribution in [0.4, 0.5) is 5.69 Å². The number of amides is 2. The Morgan fingerprint density at radius 2 is 1.58 bits per heavy atom. The fourth-order valence-electron chi connectivity index (χ4n) is 3.56. The number of carbonyl (C=O) groups is 2. The Labute approximate surface area is 184 Å². The van der Waals surface area contributed by atoms with Gasteiger partial charge in [0.25, 0.3) is 0 Å². The second kappa shape index (κ2) is 10.9. The van der Waals surface area contributed by atoms with Crippen LogP contribution in [0.5, 0.6) is 11.5 Å². The summed E-state index contributed by atoms with van der Waals surface area (Å²) in [6, 6.07) is 16.8. The second-order valence-corrected chi connectivity index (χ2v) is 8.11. The molecule has 2 amide bonds. The van der Waals surface area contributed by atoms with Gasteiger partial charge in [-0.05, 0) is 45.0 Å². The molecule has 1 unspecified atom stereocenters. The van der Waals surface area contributed by atoms with Crippen LogP contribution in [0.2, 0.25) is 0 Å². The molecular weight excluding hydrogens is 392 g/mol. The molecule has 2 aromatic rings. The first kappa shape index (κ1) is 22.8. The van der Waals surface area contributed by atoms with Crippen LogP contribution >= 0.6 is 0 Å². The highest BCUT2D eigenvalue weighted by Crippen LogP contribution is 2.29. The quantitative estimate of drug-likeness (QED) is 0.682. The number of piperazine rings is 1. The number of benzene rings is 2. The van der Waals surface area contributed by atoms with Gasteiger partial charge in [0.15, 0.2) is 5.75 Å². The van der Waals surface area contributed by atoms with Crippen molar-refractivity contribution in [2.24, 2.45) is 0 Å². The van der Waals surface area contributed by atoms with Crippen molar-refractivity contribution in [3.63, 3.8) is 0 Å². The third-order valence-corrected chi connectivity index (χ3v) is 5.27. The van der Waals surface area contributed by atoms with Crippen LogP contribution in [0, 0.1) is 0 Å². The van der Waals surface area contributed by atoms with Crippen molar-refractivity contribution in [3.05, 3.63) is 54.6 Å². The van der Waals surface area contributed by atoms with Crippen LogP contribution in [-0.4, -0.2) is 66.4 Å². The predicted octanol–water partition coefficient (Wildman–Crippen LogP) is 2.95. The van der Waals surface area contributed by atoms with E-state index in [1.54, 1.807) is 0 Å². The number of carbonyl (C=O) groups excluding carboxylic acids is 2. The van der Waals surface area contributed by atoms with Gasteiger partial charge in [0.1, 0.15) is 5.75 Å². The highest BCUT2D eigenvalue weighted by molar-refractivity contribution is 5.95. The molecule has 0 saturated carbocycles. The maximum atomic E-state index is 12.9. The molecule has 0 radical (unpaired) electrons. The van der Waals surface area contributed by atoms with Gasteiger partial charge in [-0.1, -0.05) is 30.3 Å². The van der Waals surface area contributed by atoms with Crippen LogP contribution in [0.1, 0.15) is 20.8 Å². The lowest BCUT2D eigenvalue weighted by Crippen LogP contribution is -2.54. The lowest BCUT2D eigenvalue weighted by molar-refractivity contribution is -0.125. The van der Waals surface area contributed by atoms with Crippen molar-refractivity contribution in [2.45, 2.75) is 32.9 Å². The molecule has 0 spiro atoms. The monoisotopic (exact) mass is 424 g/mol. The van der Waals surface area contributed by atoms with Crippen LogP contribution < -0.4 is 15.4 Å². The standard InChI is InChI=1S/C24H32N4O3/c1-18(2)25-23(29)17-27-13-15-28(16-14-27)19(3)24(30)26-21-11-7-8-12-22(21)31-20-9-5-4-6-10-20/h4-12,18-19H,13-17H2,1-3H3,(H,25,29)(H,26,30). The SMILES string of the molecule is CC(C)NC(=O)CN1CCN(C(C)C(=O)Nc2ccccc2Oc2ccccc2)CC1. The number of para-hydroxylation sites is 3. The molecule has 1 atom stereocenters. The number of rotatable bonds is 8. The van der Waals surface area contributed by atoms with E-state index in [0.29, 0.717) is 18.0 Å². The zero-order valence-corrected chi connectivity index (χ0v) is 18.5. The van der Waals surface area contributed by atoms with Crippen molar-refractivity contribution in [2.75, 3.05) is 38.0 Å². The highest BCUT2D eigenvalue weighted by Gasteiger charge is 2.27. The third-order valence-electron chi connectivity index (χ3n) is 5.27. The van der Waals surface area contributed by atoms with Crippen molar-refractivity contribution in [1.82, 2.24) is 15.1 Å². The summed E-state index contributed by atoms with van der Waals surface area (Å²) in [5.41, 5.74) is 0.646. The molecule has 1 aliphatic heterocycles. The number of anilines is 1. The average molecular weight is 425 g/mol. The molecule has 0 aliphatic carbocycles. The maximum absolute atomic E-state index is 12.9. The van der Waals surface area contributed by atoms with E-state index in [4.69, 9.17) is 4.74 Å². The Bertz CT molecular complexity index is 864. The van der Waals surface area contributed by atoms with Gasteiger partial charge < -0.3 is 15.4 Å². The second-order valence-electron chi connectivity index (χ2n) is 8.11. The summed E-state index contributed by atoms with van der Waals surface area (Å²) >= 11 is 0. The topological polar surface area (TPSA) is 73.9 Å². The van der Waals surface area contributed by atoms with E-state index in [-0.39, 0.29) is 23.9 Å². The van der Waals surface area contributed by atoms with E-state index in [1.807, 2.05) is 75.4 Å². The Hall–Kier alpha value is -2.90. The van der Waals surface area contributed by atoms with Gasteiger partial charge in [0.05, 0.1) is 18.3 Å². The molecule has 31 heavy (non-hydrogen) atoms. The largest absolute Gasteiger partial charge is 0.455 e. The Balaban J connectivity index is 1.53. The molecule has 1 aliphatic rings. The molecule has 2 N–H and O–H groups in total. The smallest absolute Gasteiger partial charge is 0.241 e. The molecule has 1 heterocycles. The first-order chi connectivity index (χ1) is 14.9. The van der Waals surface area contributed by atoms with E-state index >= 15 is 0 Å². The van der Waals surface area contributed by atoms with Gasteiger partial charge in [0, 0.05) is 32.2 Å². The Kier molecular flexibility index (Phi) is 8.03. The van der Waals surface area contributed by atoms with Crippen molar-refractivity contribution in [3.8, 4) is 11.5 Å². The highest BCUT2D eigenvalue weighted by atomic mass is 16.5. The summed E-state index contributed by atoms with van der Waals surface area (Å²) in [6.07, 6.45) is 0. The lowest BCUT2D eigenvalue weighted by atomic mass is 10.2. The van der Waals surface area contributed by atoms with Gasteiger partial charge in [0.2, 0.25) is 11.8 Å². The van der Waals surface area contributed by atoms with E-state index in [0.717, 1.165) is 31.9 Å². The molecular formula is C24H32N4O3. The van der Waals surface area contributed by atoms with Crippen molar-refractivity contribution < 1.29 is 14.3 Å². The van der Waals surface area contributed by atoms with Crippen LogP contribution in [0.15, 0.2) is 54.6 Å². The van der Waals surface area contributed by atoms with E-state index in [2.05, 4.69) is 20.4 Å². The van der Waals surface area contributed by atoms with Crippen molar-refractivity contribution in [1.29, 1.82) is 0 Å². The summed E-state index contributed by atoms with van der Waals surface area (Å²) in [4.78, 5) is 29.2. The molecule has 0 bridgehead atoms. The fraction of sp³-hybridized carbons (Fsp3) is 0.417. The first-order valence-corrected chi connectivity index (χ1v) is 10.8. The zero-order valence-electron chi connectivity index (χ0n) is 18.5. The molecule has 0 aromatic heterocycles. The minimum absolute atomic E-state index is 0.0456. The minimum atomic E-state index is -0.281. The minimum Gasteiger partial charge on any atom is -0.455 e. The Morgan fingerprint density at radius 1 is 0.935 bits per heavy atom. The summed E-state index contributed by atoms with van der Waals surface area (Å²) < 4.78 is 5.94. The summed E-state index contributed by atoms with van der Waals surface area (Å²) in [7, 11) is 0. The fourth-order valence-corrected chi connectivity index (χ4v) is 3.56. The van der Waals surface area contributed by atoms with Gasteiger partial charge in [-0.25, -0.2) is 0 Å². The predicted molar refractivity (Wildman–Crippen MR) is 122 cm³/mol. The van der Waals surface area contributed by atoms with Gasteiger partial charge in [-0.15, -0.1) is 0 Å². The molecule has 1 saturated heterocycles. The summed E-state index contributed by atoms with van der Waals surface area (Å²) in [5, 5.41) is 5.93. The Morgan fingerprint density at radius 3 is 2.26 bits per heavy atom. The van der Waals surface area contributed by atoms with E-state index in [1.165, 1.54) is 0 Å². The van der Waals surface area contributed by atoms with Gasteiger partial charge in [-0.3, -0.25) is 19.4 Å². The van der Waals surface area contributed by atoms with Gasteiger partial charge in [-0.2, -0.15) is 0 Å². The molecule has 7 nitrogen and oxygen atoms in total. The molecule has 1 fully saturated rings. The van der Waals surface area contributed by atoms with Gasteiger partial charge >= 0.3 is 0 Å². The average Bonchev–Trinajstić information content (AvgIpc) is 2.75. The first-order valence-electron chi connectivity index (χ1n) is 10.8. The summed E-state index contributed by atoms with van der Waals surface area (Å²) in [6.45, 7) is 9.23. The van der Waals surface area contributed by atoms with E-state index in [9.17, 15) is 9.59 Å². The van der Waals surface area contributed by atoms with Crippen LogP contribution in [0.3, 0.4) is 0 Å². The van der Waals surface area contributed by atoms with Crippen LogP contribution in [-0.2, 0) is 9.59 Å². The van der Waals surface area contributed by atoms with Crippen molar-refractivity contribution >= 4 is 17.5 Å². The number of ether oxygens (including phenoxy) is 1. The lowest BCUT2D eigenvalue weighted by Gasteiger charge is -2.37. The zero-order chi connectivity index (χ0) is 22.2. The maximum Gasteiger partial charge on any atom is 0.241 e. The number of hydrogen-bond donors (Lipinski definition) is 2. The van der Waals surface area contributed by atoms with E-state index < -0.39 is 0 Å². The normalized spacial score (nSPS) is 16.0. The molecule has 3 rings (SSSR count). The van der Waals surface area contributed by atoms with Crippen LogP contribution in [0.25, 0.3) is 0 Å². The number of nitrogens with one attached hydrogen (secondary N) is 2.